The number of sulfonamides is 1. The molecule has 0 aliphatic rings. The largest absolute Gasteiger partial charge is 0.288 e. The van der Waals surface area contributed by atoms with Crippen LogP contribution in [0.3, 0.4) is 0 Å². The van der Waals surface area contributed by atoms with Crippen LogP contribution >= 0.6 is 0 Å². The Labute approximate surface area is 134 Å². The molecule has 120 valence electrons. The molecule has 0 spiro atoms. The molecule has 7 heteroatoms. The van der Waals surface area contributed by atoms with Gasteiger partial charge in [-0.15, -0.1) is 0 Å². The number of rotatable bonds is 5. The minimum atomic E-state index is -3.64. The standard InChI is InChI=1S/C16H16N2O4S/c1-12-3-2-4-15(11-12)23(21,22)18-14-8-5-13(6-9-14)7-10-16(19)17-20/h2-11,18,20H,1H3,(H,17,19)/b10-7+. The second-order valence-electron chi connectivity index (χ2n) is 4.85. The van der Waals surface area contributed by atoms with E-state index < -0.39 is 15.9 Å². The van der Waals surface area contributed by atoms with Gasteiger partial charge < -0.3 is 0 Å². The predicted molar refractivity (Wildman–Crippen MR) is 87.4 cm³/mol. The Morgan fingerprint density at radius 3 is 2.43 bits per heavy atom. The highest BCUT2D eigenvalue weighted by Gasteiger charge is 2.13. The van der Waals surface area contributed by atoms with Crippen LogP contribution in [0.5, 0.6) is 0 Å². The lowest BCUT2D eigenvalue weighted by atomic mass is 10.2. The monoisotopic (exact) mass is 332 g/mol. The lowest BCUT2D eigenvalue weighted by Gasteiger charge is -2.09. The lowest BCUT2D eigenvalue weighted by Crippen LogP contribution is -2.14. The number of hydrogen-bond donors (Lipinski definition) is 3. The van der Waals surface area contributed by atoms with Gasteiger partial charge in [0, 0.05) is 11.8 Å². The van der Waals surface area contributed by atoms with E-state index in [1.54, 1.807) is 36.4 Å². The molecule has 23 heavy (non-hydrogen) atoms. The van der Waals surface area contributed by atoms with E-state index in [2.05, 4.69) is 4.72 Å². The molecule has 0 atom stereocenters. The summed E-state index contributed by atoms with van der Waals surface area (Å²) in [4.78, 5) is 11.1. The number of amides is 1. The van der Waals surface area contributed by atoms with E-state index in [-0.39, 0.29) is 4.90 Å². The van der Waals surface area contributed by atoms with Gasteiger partial charge in [0.05, 0.1) is 4.90 Å². The van der Waals surface area contributed by atoms with Crippen LogP contribution in [0.25, 0.3) is 6.08 Å². The molecule has 0 unspecified atom stereocenters. The van der Waals surface area contributed by atoms with Gasteiger partial charge in [-0.1, -0.05) is 24.3 Å². The normalized spacial score (nSPS) is 11.4. The van der Waals surface area contributed by atoms with Crippen LogP contribution in [-0.4, -0.2) is 19.5 Å². The molecule has 0 aliphatic heterocycles. The fraction of sp³-hybridized carbons (Fsp3) is 0.0625. The number of benzene rings is 2. The van der Waals surface area contributed by atoms with Gasteiger partial charge in [0.1, 0.15) is 0 Å². The van der Waals surface area contributed by atoms with E-state index >= 15 is 0 Å². The first-order chi connectivity index (χ1) is 10.9. The van der Waals surface area contributed by atoms with Gasteiger partial charge in [-0.2, -0.15) is 0 Å². The van der Waals surface area contributed by atoms with Crippen molar-refractivity contribution in [3.05, 3.63) is 65.7 Å². The summed E-state index contributed by atoms with van der Waals surface area (Å²) in [5, 5.41) is 8.38. The predicted octanol–water partition coefficient (Wildman–Crippen LogP) is 2.31. The van der Waals surface area contributed by atoms with E-state index in [0.717, 1.165) is 11.6 Å². The molecule has 0 saturated carbocycles. The van der Waals surface area contributed by atoms with Crippen molar-refractivity contribution in [1.29, 1.82) is 0 Å². The molecule has 0 bridgehead atoms. The number of hydroxylamine groups is 1. The fourth-order valence-corrected chi connectivity index (χ4v) is 3.03. The van der Waals surface area contributed by atoms with Gasteiger partial charge in [-0.05, 0) is 48.4 Å². The van der Waals surface area contributed by atoms with E-state index in [1.165, 1.54) is 17.6 Å². The number of carbonyl (C=O) groups is 1. The highest BCUT2D eigenvalue weighted by molar-refractivity contribution is 7.92. The van der Waals surface area contributed by atoms with Gasteiger partial charge in [0.2, 0.25) is 0 Å². The Bertz CT molecular complexity index is 827. The Kier molecular flexibility index (Phi) is 5.15. The molecule has 2 aromatic carbocycles. The molecule has 3 N–H and O–H groups in total. The number of carbonyl (C=O) groups excluding carboxylic acids is 1. The van der Waals surface area contributed by atoms with Gasteiger partial charge in [-0.25, -0.2) is 13.9 Å². The smallest absolute Gasteiger partial charge is 0.267 e. The first kappa shape index (κ1) is 16.7. The lowest BCUT2D eigenvalue weighted by molar-refractivity contribution is -0.124. The number of hydrogen-bond acceptors (Lipinski definition) is 4. The highest BCUT2D eigenvalue weighted by atomic mass is 32.2. The van der Waals surface area contributed by atoms with Crippen LogP contribution in [0, 0.1) is 6.92 Å². The molecule has 0 fully saturated rings. The molecule has 0 radical (unpaired) electrons. The van der Waals surface area contributed by atoms with Gasteiger partial charge in [-0.3, -0.25) is 14.7 Å². The first-order valence-corrected chi connectivity index (χ1v) is 8.21. The van der Waals surface area contributed by atoms with Crippen LogP contribution in [0.15, 0.2) is 59.5 Å². The van der Waals surface area contributed by atoms with Gasteiger partial charge in [0.25, 0.3) is 15.9 Å². The van der Waals surface area contributed by atoms with Crippen LogP contribution in [-0.2, 0) is 14.8 Å². The van der Waals surface area contributed by atoms with E-state index in [1.807, 2.05) is 13.0 Å². The average Bonchev–Trinajstić information content (AvgIpc) is 2.53. The quantitative estimate of drug-likeness (QED) is 0.445. The van der Waals surface area contributed by atoms with Crippen molar-refractivity contribution in [1.82, 2.24) is 5.48 Å². The minimum Gasteiger partial charge on any atom is -0.288 e. The van der Waals surface area contributed by atoms with Crippen LogP contribution < -0.4 is 10.2 Å². The zero-order valence-corrected chi connectivity index (χ0v) is 13.2. The van der Waals surface area contributed by atoms with E-state index in [0.29, 0.717) is 11.3 Å². The van der Waals surface area contributed by atoms with E-state index in [9.17, 15) is 13.2 Å². The first-order valence-electron chi connectivity index (χ1n) is 6.72. The second-order valence-corrected chi connectivity index (χ2v) is 6.54. The molecule has 2 aromatic rings. The Morgan fingerprint density at radius 1 is 1.13 bits per heavy atom. The summed E-state index contributed by atoms with van der Waals surface area (Å²) < 4.78 is 27.1. The van der Waals surface area contributed by atoms with Crippen molar-refractivity contribution in [3.8, 4) is 0 Å². The van der Waals surface area contributed by atoms with Crippen molar-refractivity contribution in [2.75, 3.05) is 4.72 Å². The maximum atomic E-state index is 12.3. The topological polar surface area (TPSA) is 95.5 Å². The molecule has 0 saturated heterocycles. The van der Waals surface area contributed by atoms with Crippen molar-refractivity contribution < 1.29 is 18.4 Å². The third-order valence-electron chi connectivity index (χ3n) is 3.00. The van der Waals surface area contributed by atoms with Crippen molar-refractivity contribution in [2.24, 2.45) is 0 Å². The Morgan fingerprint density at radius 2 is 1.83 bits per heavy atom. The van der Waals surface area contributed by atoms with E-state index in [4.69, 9.17) is 5.21 Å². The summed E-state index contributed by atoms with van der Waals surface area (Å²) >= 11 is 0. The molecule has 2 rings (SSSR count). The summed E-state index contributed by atoms with van der Waals surface area (Å²) in [5.74, 6) is -0.644. The molecule has 1 amide bonds. The minimum absolute atomic E-state index is 0.195. The molecular formula is C16H16N2O4S. The Hall–Kier alpha value is -2.64. The third kappa shape index (κ3) is 4.67. The summed E-state index contributed by atoms with van der Waals surface area (Å²) in [6.45, 7) is 1.82. The fourth-order valence-electron chi connectivity index (χ4n) is 1.87. The van der Waals surface area contributed by atoms with Crippen molar-refractivity contribution >= 4 is 27.7 Å². The second kappa shape index (κ2) is 7.08. The summed E-state index contributed by atoms with van der Waals surface area (Å²) in [5.41, 5.74) is 3.44. The molecule has 0 heterocycles. The third-order valence-corrected chi connectivity index (χ3v) is 4.38. The highest BCUT2D eigenvalue weighted by Crippen LogP contribution is 2.18. The maximum absolute atomic E-state index is 12.3. The summed E-state index contributed by atoms with van der Waals surface area (Å²) in [7, 11) is -3.64. The number of nitrogens with one attached hydrogen (secondary N) is 2. The van der Waals surface area contributed by atoms with Crippen molar-refractivity contribution in [2.45, 2.75) is 11.8 Å². The summed E-state index contributed by atoms with van der Waals surface area (Å²) in [6, 6.07) is 13.1. The van der Waals surface area contributed by atoms with Crippen molar-refractivity contribution in [3.63, 3.8) is 0 Å². The molecule has 6 nitrogen and oxygen atoms in total. The Balaban J connectivity index is 2.14. The van der Waals surface area contributed by atoms with Gasteiger partial charge >= 0.3 is 0 Å². The molecular weight excluding hydrogens is 316 g/mol. The van der Waals surface area contributed by atoms with Crippen LogP contribution in [0.4, 0.5) is 5.69 Å². The maximum Gasteiger partial charge on any atom is 0.267 e. The van der Waals surface area contributed by atoms with Crippen LogP contribution in [0.2, 0.25) is 0 Å². The zero-order valence-electron chi connectivity index (χ0n) is 12.4. The number of aryl methyl sites for hydroxylation is 1. The molecule has 0 aliphatic carbocycles. The van der Waals surface area contributed by atoms with Gasteiger partial charge in [0.15, 0.2) is 0 Å². The van der Waals surface area contributed by atoms with Crippen LogP contribution in [0.1, 0.15) is 11.1 Å². The zero-order chi connectivity index (χ0) is 16.9. The number of anilines is 1. The molecule has 0 aromatic heterocycles. The average molecular weight is 332 g/mol. The SMILES string of the molecule is Cc1cccc(S(=O)(=O)Nc2ccc(/C=C/C(=O)NO)cc2)c1. The summed E-state index contributed by atoms with van der Waals surface area (Å²) in [6.07, 6.45) is 2.65.